The lowest BCUT2D eigenvalue weighted by atomic mass is 10.0. The van der Waals surface area contributed by atoms with E-state index in [1.165, 1.54) is 5.56 Å². The smallest absolute Gasteiger partial charge is 0.150 e. The Labute approximate surface area is 157 Å². The summed E-state index contributed by atoms with van der Waals surface area (Å²) in [6.45, 7) is 2.25. The first-order valence-corrected chi connectivity index (χ1v) is 9.73. The maximum absolute atomic E-state index is 4.57. The Balaban J connectivity index is 1.60. The first-order valence-electron chi connectivity index (χ1n) is 8.78. The lowest BCUT2D eigenvalue weighted by molar-refractivity contribution is 0.264. The molecule has 4 heterocycles. The van der Waals surface area contributed by atoms with Gasteiger partial charge in [0.2, 0.25) is 0 Å². The molecule has 0 aliphatic carbocycles. The predicted octanol–water partition coefficient (Wildman–Crippen LogP) is 3.85. The van der Waals surface area contributed by atoms with Crippen LogP contribution in [0.3, 0.4) is 0 Å². The van der Waals surface area contributed by atoms with Crippen molar-refractivity contribution < 1.29 is 0 Å². The van der Waals surface area contributed by atoms with Crippen molar-refractivity contribution in [1.82, 2.24) is 19.9 Å². The van der Waals surface area contributed by atoms with E-state index < -0.39 is 0 Å². The van der Waals surface area contributed by atoms with Crippen LogP contribution in [0.15, 0.2) is 47.7 Å². The van der Waals surface area contributed by atoms with Crippen LogP contribution in [0.4, 0.5) is 17.3 Å². The number of pyridine rings is 1. The molecule has 26 heavy (non-hydrogen) atoms. The molecule has 1 fully saturated rings. The summed E-state index contributed by atoms with van der Waals surface area (Å²) in [4.78, 5) is 15.3. The second kappa shape index (κ2) is 7.80. The number of nitrogens with zero attached hydrogens (tertiary/aromatic N) is 4. The van der Waals surface area contributed by atoms with E-state index in [9.17, 15) is 0 Å². The second-order valence-corrected chi connectivity index (χ2v) is 7.34. The lowest BCUT2D eigenvalue weighted by Crippen LogP contribution is -2.36. The average molecular weight is 366 g/mol. The number of rotatable bonds is 5. The van der Waals surface area contributed by atoms with Gasteiger partial charge >= 0.3 is 0 Å². The van der Waals surface area contributed by atoms with Crippen molar-refractivity contribution in [2.75, 3.05) is 30.8 Å². The zero-order valence-corrected chi connectivity index (χ0v) is 15.5. The summed E-state index contributed by atoms with van der Waals surface area (Å²) in [5.74, 6) is 1.45. The number of aromatic nitrogens is 3. The van der Waals surface area contributed by atoms with E-state index in [1.807, 2.05) is 6.20 Å². The molecule has 3 aromatic heterocycles. The minimum Gasteiger partial charge on any atom is -0.382 e. The standard InChI is InChI=1S/C19H22N6S/c1-25-7-2-15(3-8-25)23-17-10-18(24-19-12-20-5-6-21-19)22-11-16(17)14-4-9-26-13-14/h4-6,9-13,15H,2-3,7-8H2,1H3,(H2,21,22,23,24). The van der Waals surface area contributed by atoms with Crippen molar-refractivity contribution >= 4 is 28.7 Å². The maximum atomic E-state index is 4.57. The molecule has 1 aliphatic rings. The highest BCUT2D eigenvalue weighted by molar-refractivity contribution is 7.08. The topological polar surface area (TPSA) is 66.0 Å². The van der Waals surface area contributed by atoms with Crippen LogP contribution in [-0.4, -0.2) is 46.0 Å². The summed E-state index contributed by atoms with van der Waals surface area (Å²) < 4.78 is 0. The van der Waals surface area contributed by atoms with E-state index in [-0.39, 0.29) is 0 Å². The minimum absolute atomic E-state index is 0.482. The largest absolute Gasteiger partial charge is 0.382 e. The molecule has 134 valence electrons. The van der Waals surface area contributed by atoms with Crippen molar-refractivity contribution in [2.24, 2.45) is 0 Å². The van der Waals surface area contributed by atoms with Crippen LogP contribution in [0.25, 0.3) is 11.1 Å². The fraction of sp³-hybridized carbons (Fsp3) is 0.316. The zero-order chi connectivity index (χ0) is 17.8. The van der Waals surface area contributed by atoms with Gasteiger partial charge in [-0.05, 0) is 55.4 Å². The van der Waals surface area contributed by atoms with Crippen LogP contribution in [0, 0.1) is 0 Å². The van der Waals surface area contributed by atoms with Gasteiger partial charge < -0.3 is 15.5 Å². The Bertz CT molecular complexity index is 829. The molecular formula is C19H22N6S. The van der Waals surface area contributed by atoms with Crippen molar-refractivity contribution in [1.29, 1.82) is 0 Å². The third-order valence-corrected chi connectivity index (χ3v) is 5.32. The molecule has 0 unspecified atom stereocenters. The van der Waals surface area contributed by atoms with E-state index in [0.717, 1.165) is 43.0 Å². The number of likely N-dealkylation sites (tertiary alicyclic amines) is 1. The molecule has 0 spiro atoms. The number of hydrogen-bond acceptors (Lipinski definition) is 7. The molecule has 4 rings (SSSR count). The number of piperidine rings is 1. The fourth-order valence-corrected chi connectivity index (χ4v) is 3.81. The predicted molar refractivity (Wildman–Crippen MR) is 107 cm³/mol. The van der Waals surface area contributed by atoms with Crippen molar-refractivity contribution in [3.8, 4) is 11.1 Å². The fourth-order valence-electron chi connectivity index (χ4n) is 3.16. The monoisotopic (exact) mass is 366 g/mol. The van der Waals surface area contributed by atoms with E-state index in [0.29, 0.717) is 11.9 Å². The maximum Gasteiger partial charge on any atom is 0.150 e. The van der Waals surface area contributed by atoms with Gasteiger partial charge in [0.25, 0.3) is 0 Å². The molecule has 2 N–H and O–H groups in total. The normalized spacial score (nSPS) is 15.7. The molecule has 3 aromatic rings. The van der Waals surface area contributed by atoms with Crippen LogP contribution in [-0.2, 0) is 0 Å². The number of hydrogen-bond donors (Lipinski definition) is 2. The third kappa shape index (κ3) is 4.00. The quantitative estimate of drug-likeness (QED) is 0.715. The highest BCUT2D eigenvalue weighted by Gasteiger charge is 2.18. The van der Waals surface area contributed by atoms with Gasteiger partial charge in [0.1, 0.15) is 11.6 Å². The van der Waals surface area contributed by atoms with Gasteiger partial charge in [0, 0.05) is 41.9 Å². The summed E-state index contributed by atoms with van der Waals surface area (Å²) in [5.41, 5.74) is 3.44. The van der Waals surface area contributed by atoms with E-state index in [1.54, 1.807) is 29.9 Å². The Morgan fingerprint density at radius 2 is 2.00 bits per heavy atom. The van der Waals surface area contributed by atoms with Gasteiger partial charge in [-0.25, -0.2) is 9.97 Å². The summed E-state index contributed by atoms with van der Waals surface area (Å²) in [6, 6.07) is 4.69. The van der Waals surface area contributed by atoms with Crippen molar-refractivity contribution in [3.05, 3.63) is 47.7 Å². The van der Waals surface area contributed by atoms with E-state index in [2.05, 4.69) is 60.4 Å². The summed E-state index contributed by atoms with van der Waals surface area (Å²) >= 11 is 1.70. The van der Waals surface area contributed by atoms with E-state index >= 15 is 0 Å². The zero-order valence-electron chi connectivity index (χ0n) is 14.7. The van der Waals surface area contributed by atoms with Crippen LogP contribution in [0.5, 0.6) is 0 Å². The van der Waals surface area contributed by atoms with Crippen LogP contribution in [0.2, 0.25) is 0 Å². The molecule has 7 heteroatoms. The molecule has 1 aliphatic heterocycles. The second-order valence-electron chi connectivity index (χ2n) is 6.56. The minimum atomic E-state index is 0.482. The van der Waals surface area contributed by atoms with E-state index in [4.69, 9.17) is 0 Å². The highest BCUT2D eigenvalue weighted by Crippen LogP contribution is 2.32. The summed E-state index contributed by atoms with van der Waals surface area (Å²) in [5, 5.41) is 11.2. The molecule has 0 aromatic carbocycles. The Morgan fingerprint density at radius 3 is 2.73 bits per heavy atom. The summed E-state index contributed by atoms with van der Waals surface area (Å²) in [7, 11) is 2.18. The van der Waals surface area contributed by atoms with Gasteiger partial charge in [-0.2, -0.15) is 11.3 Å². The molecule has 0 amide bonds. The lowest BCUT2D eigenvalue weighted by Gasteiger charge is -2.30. The molecule has 0 saturated carbocycles. The Morgan fingerprint density at radius 1 is 1.12 bits per heavy atom. The molecule has 6 nitrogen and oxygen atoms in total. The first kappa shape index (κ1) is 16.9. The Hall–Kier alpha value is -2.51. The first-order chi connectivity index (χ1) is 12.8. The molecule has 0 bridgehead atoms. The number of thiophene rings is 1. The van der Waals surface area contributed by atoms with Gasteiger partial charge in [-0.15, -0.1) is 0 Å². The Kier molecular flexibility index (Phi) is 5.08. The van der Waals surface area contributed by atoms with Crippen LogP contribution < -0.4 is 10.6 Å². The molecular weight excluding hydrogens is 344 g/mol. The molecule has 0 radical (unpaired) electrons. The van der Waals surface area contributed by atoms with Gasteiger partial charge in [0.15, 0.2) is 0 Å². The number of anilines is 3. The molecule has 1 saturated heterocycles. The summed E-state index contributed by atoms with van der Waals surface area (Å²) in [6.07, 6.45) is 9.24. The van der Waals surface area contributed by atoms with Gasteiger partial charge in [0.05, 0.1) is 6.20 Å². The van der Waals surface area contributed by atoms with Crippen molar-refractivity contribution in [2.45, 2.75) is 18.9 Å². The highest BCUT2D eigenvalue weighted by atomic mass is 32.1. The average Bonchev–Trinajstić information content (AvgIpc) is 3.19. The molecule has 0 atom stereocenters. The van der Waals surface area contributed by atoms with Crippen LogP contribution >= 0.6 is 11.3 Å². The third-order valence-electron chi connectivity index (χ3n) is 4.63. The van der Waals surface area contributed by atoms with Gasteiger partial charge in [-0.1, -0.05) is 0 Å². The SMILES string of the molecule is CN1CCC(Nc2cc(Nc3cnccn3)ncc2-c2ccsc2)CC1. The number of nitrogens with one attached hydrogen (secondary N) is 2. The van der Waals surface area contributed by atoms with Crippen molar-refractivity contribution in [3.63, 3.8) is 0 Å². The van der Waals surface area contributed by atoms with Crippen LogP contribution in [0.1, 0.15) is 12.8 Å². The van der Waals surface area contributed by atoms with Gasteiger partial charge in [-0.3, -0.25) is 4.98 Å².